The number of carbonyl (C=O) groups excluding carboxylic acids is 1. The van der Waals surface area contributed by atoms with Crippen LogP contribution in [0, 0.1) is 13.1 Å². The predicted octanol–water partition coefficient (Wildman–Crippen LogP) is 0.539. The summed E-state index contributed by atoms with van der Waals surface area (Å²) in [7, 11) is 3.51. The van der Waals surface area contributed by atoms with Crippen LogP contribution < -0.4 is 0 Å². The molecule has 71 valence electrons. The maximum Gasteiger partial charge on any atom is 0.222 e. The molecule has 1 heterocycles. The van der Waals surface area contributed by atoms with E-state index in [0.29, 0.717) is 12.8 Å². The van der Waals surface area contributed by atoms with Gasteiger partial charge in [0.15, 0.2) is 0 Å². The Labute approximate surface area is 78.0 Å². The average Bonchev–Trinajstić information content (AvgIpc) is 2.47. The van der Waals surface area contributed by atoms with Gasteiger partial charge in [0, 0.05) is 26.2 Å². The van der Waals surface area contributed by atoms with E-state index < -0.39 is 0 Å². The number of hydrogen-bond donors (Lipinski definition) is 1. The number of aromatic nitrogens is 2. The molecule has 1 N–H and O–H groups in total. The largest absolute Gasteiger partial charge is 0.349 e. The summed E-state index contributed by atoms with van der Waals surface area (Å²) < 4.78 is 0. The Hall–Kier alpha value is -1.32. The fraction of sp³-hybridized carbons (Fsp3) is 0.556. The molecule has 13 heavy (non-hydrogen) atoms. The topological polar surface area (TPSA) is 49.0 Å². The van der Waals surface area contributed by atoms with Gasteiger partial charge in [0.25, 0.3) is 0 Å². The van der Waals surface area contributed by atoms with Gasteiger partial charge in [-0.1, -0.05) is 0 Å². The molecule has 4 nitrogen and oxygen atoms in total. The van der Waals surface area contributed by atoms with Crippen LogP contribution in [0.1, 0.15) is 17.9 Å². The molecule has 0 aromatic carbocycles. The highest BCUT2D eigenvalue weighted by atomic mass is 16.2. The first-order valence-corrected chi connectivity index (χ1v) is 4.23. The number of nitrogens with zero attached hydrogens (tertiary/aromatic N) is 2. The van der Waals surface area contributed by atoms with Crippen LogP contribution in [0.4, 0.5) is 0 Å². The third-order valence-corrected chi connectivity index (χ3v) is 1.78. The van der Waals surface area contributed by atoms with Gasteiger partial charge in [0.1, 0.15) is 12.0 Å². The molecule has 0 spiro atoms. The molecule has 0 bridgehead atoms. The van der Waals surface area contributed by atoms with Gasteiger partial charge in [-0.15, -0.1) is 0 Å². The van der Waals surface area contributed by atoms with Gasteiger partial charge in [-0.25, -0.2) is 4.98 Å². The Balaban J connectivity index is 2.39. The Bertz CT molecular complexity index is 291. The minimum Gasteiger partial charge on any atom is -0.349 e. The van der Waals surface area contributed by atoms with E-state index in [1.807, 2.05) is 6.92 Å². The zero-order valence-electron chi connectivity index (χ0n) is 8.22. The van der Waals surface area contributed by atoms with Crippen LogP contribution in [0.25, 0.3) is 0 Å². The lowest BCUT2D eigenvalue weighted by Gasteiger charge is -2.08. The number of H-pyrrole nitrogens is 1. The number of aryl methyl sites for hydroxylation is 2. The lowest BCUT2D eigenvalue weighted by molar-refractivity contribution is -0.128. The quantitative estimate of drug-likeness (QED) is 0.738. The van der Waals surface area contributed by atoms with Gasteiger partial charge < -0.3 is 9.88 Å². The second kappa shape index (κ2) is 4.07. The van der Waals surface area contributed by atoms with E-state index in [9.17, 15) is 4.79 Å². The van der Waals surface area contributed by atoms with E-state index in [4.69, 9.17) is 0 Å². The van der Waals surface area contributed by atoms with E-state index >= 15 is 0 Å². The lowest BCUT2D eigenvalue weighted by atomic mass is 10.2. The van der Waals surface area contributed by atoms with Crippen molar-refractivity contribution < 1.29 is 4.79 Å². The summed E-state index contributed by atoms with van der Waals surface area (Å²) in [6.07, 6.45) is 4.01. The molecule has 1 aromatic heterocycles. The van der Waals surface area contributed by atoms with Gasteiger partial charge in [-0.3, -0.25) is 4.79 Å². The zero-order chi connectivity index (χ0) is 9.84. The maximum absolute atomic E-state index is 11.2. The van der Waals surface area contributed by atoms with Crippen LogP contribution in [0.15, 0.2) is 0 Å². The van der Waals surface area contributed by atoms with Crippen LogP contribution in [0.2, 0.25) is 0 Å². The van der Waals surface area contributed by atoms with Gasteiger partial charge >= 0.3 is 0 Å². The van der Waals surface area contributed by atoms with Gasteiger partial charge in [0.05, 0.1) is 0 Å². The van der Waals surface area contributed by atoms with Crippen LogP contribution in [-0.4, -0.2) is 34.9 Å². The molecule has 1 aromatic rings. The van der Waals surface area contributed by atoms with Crippen molar-refractivity contribution >= 4 is 5.91 Å². The summed E-state index contributed by atoms with van der Waals surface area (Å²) in [5.41, 5.74) is 0.896. The van der Waals surface area contributed by atoms with Crippen molar-refractivity contribution in [1.29, 1.82) is 0 Å². The van der Waals surface area contributed by atoms with E-state index in [1.165, 1.54) is 0 Å². The molecular formula is C9H14N3O. The Morgan fingerprint density at radius 3 is 2.77 bits per heavy atom. The SMILES string of the molecule is Cc1n[c]c(CCC(=O)N(C)C)[nH]1. The lowest BCUT2D eigenvalue weighted by Crippen LogP contribution is -2.21. The molecular weight excluding hydrogens is 166 g/mol. The molecule has 1 amide bonds. The van der Waals surface area contributed by atoms with Gasteiger partial charge in [-0.2, -0.15) is 0 Å². The molecule has 0 unspecified atom stereocenters. The zero-order valence-corrected chi connectivity index (χ0v) is 8.22. The highest BCUT2D eigenvalue weighted by Gasteiger charge is 2.05. The number of aromatic amines is 1. The number of amides is 1. The molecule has 0 atom stereocenters. The van der Waals surface area contributed by atoms with Crippen LogP contribution in [0.5, 0.6) is 0 Å². The summed E-state index contributed by atoms with van der Waals surface area (Å²) in [5.74, 6) is 0.966. The third kappa shape index (κ3) is 2.89. The number of nitrogens with one attached hydrogen (secondary N) is 1. The standard InChI is InChI=1S/C9H14N3O/c1-7-10-6-8(11-7)4-5-9(13)12(2)3/h4-5H2,1-3H3,(H,10,11). The molecule has 0 fully saturated rings. The van der Waals surface area contributed by atoms with Gasteiger partial charge in [0.2, 0.25) is 5.91 Å². The van der Waals surface area contributed by atoms with E-state index in [1.54, 1.807) is 19.0 Å². The minimum atomic E-state index is 0.126. The maximum atomic E-state index is 11.2. The molecule has 1 radical (unpaired) electrons. The highest BCUT2D eigenvalue weighted by Crippen LogP contribution is 2.00. The first kappa shape index (κ1) is 9.77. The fourth-order valence-electron chi connectivity index (χ4n) is 1.000. The van der Waals surface area contributed by atoms with Crippen LogP contribution >= 0.6 is 0 Å². The van der Waals surface area contributed by atoms with E-state index in [2.05, 4.69) is 16.2 Å². The Morgan fingerprint density at radius 1 is 1.62 bits per heavy atom. The fourth-order valence-corrected chi connectivity index (χ4v) is 1.000. The predicted molar refractivity (Wildman–Crippen MR) is 49.2 cm³/mol. The summed E-state index contributed by atoms with van der Waals surface area (Å²) in [6.45, 7) is 1.87. The molecule has 0 aliphatic rings. The van der Waals surface area contributed by atoms with Crippen molar-refractivity contribution in [2.75, 3.05) is 14.1 Å². The first-order chi connectivity index (χ1) is 6.09. The number of hydrogen-bond acceptors (Lipinski definition) is 2. The Morgan fingerprint density at radius 2 is 2.31 bits per heavy atom. The van der Waals surface area contributed by atoms with Crippen molar-refractivity contribution in [3.05, 3.63) is 17.7 Å². The van der Waals surface area contributed by atoms with Gasteiger partial charge in [-0.05, 0) is 13.3 Å². The summed E-state index contributed by atoms with van der Waals surface area (Å²) in [6, 6.07) is 0. The smallest absolute Gasteiger partial charge is 0.222 e. The first-order valence-electron chi connectivity index (χ1n) is 4.23. The molecule has 4 heteroatoms. The second-order valence-corrected chi connectivity index (χ2v) is 3.20. The number of rotatable bonds is 3. The monoisotopic (exact) mass is 180 g/mol. The molecule has 0 saturated carbocycles. The average molecular weight is 180 g/mol. The van der Waals surface area contributed by atoms with E-state index in [0.717, 1.165) is 11.5 Å². The van der Waals surface area contributed by atoms with Crippen molar-refractivity contribution in [3.63, 3.8) is 0 Å². The Kier molecular flexibility index (Phi) is 3.06. The number of imidazole rings is 1. The third-order valence-electron chi connectivity index (χ3n) is 1.78. The summed E-state index contributed by atoms with van der Waals surface area (Å²) in [5, 5.41) is 0. The molecule has 1 rings (SSSR count). The molecule has 0 aliphatic carbocycles. The van der Waals surface area contributed by atoms with Crippen molar-refractivity contribution in [2.45, 2.75) is 19.8 Å². The van der Waals surface area contributed by atoms with E-state index in [-0.39, 0.29) is 5.91 Å². The second-order valence-electron chi connectivity index (χ2n) is 3.20. The number of carbonyl (C=O) groups is 1. The summed E-state index contributed by atoms with van der Waals surface area (Å²) >= 11 is 0. The van der Waals surface area contributed by atoms with Crippen LogP contribution in [0.3, 0.4) is 0 Å². The normalized spacial score (nSPS) is 10.1. The molecule has 0 aliphatic heterocycles. The minimum absolute atomic E-state index is 0.126. The van der Waals surface area contributed by atoms with Crippen molar-refractivity contribution in [1.82, 2.24) is 14.9 Å². The molecule has 0 saturated heterocycles. The highest BCUT2D eigenvalue weighted by molar-refractivity contribution is 5.75. The van der Waals surface area contributed by atoms with Crippen molar-refractivity contribution in [3.8, 4) is 0 Å². The summed E-state index contributed by atoms with van der Waals surface area (Å²) in [4.78, 5) is 19.8. The van der Waals surface area contributed by atoms with Crippen LogP contribution in [-0.2, 0) is 11.2 Å². The van der Waals surface area contributed by atoms with Crippen molar-refractivity contribution in [2.24, 2.45) is 0 Å².